The highest BCUT2D eigenvalue weighted by Crippen LogP contribution is 2.14. The average Bonchev–Trinajstić information content (AvgIpc) is 2.84. The van der Waals surface area contributed by atoms with Gasteiger partial charge in [-0.3, -0.25) is 4.68 Å². The molecule has 0 aliphatic carbocycles. The normalized spacial score (nSPS) is 12.6. The van der Waals surface area contributed by atoms with Crippen molar-refractivity contribution < 1.29 is 0 Å². The van der Waals surface area contributed by atoms with Gasteiger partial charge in [-0.05, 0) is 31.9 Å². The Morgan fingerprint density at radius 1 is 1.32 bits per heavy atom. The number of benzene rings is 1. The van der Waals surface area contributed by atoms with Crippen molar-refractivity contribution in [2.75, 3.05) is 0 Å². The van der Waals surface area contributed by atoms with E-state index in [1.54, 1.807) is 0 Å². The maximum Gasteiger partial charge on any atom is 0.0522 e. The lowest BCUT2D eigenvalue weighted by molar-refractivity contribution is 0.517. The first-order valence-electron chi connectivity index (χ1n) is 7.01. The fourth-order valence-corrected chi connectivity index (χ4v) is 2.24. The van der Waals surface area contributed by atoms with E-state index in [2.05, 4.69) is 66.2 Å². The van der Waals surface area contributed by atoms with E-state index < -0.39 is 0 Å². The molecule has 0 saturated carbocycles. The molecule has 1 aromatic heterocycles. The monoisotopic (exact) mass is 257 g/mol. The van der Waals surface area contributed by atoms with E-state index in [1.807, 2.05) is 6.20 Å². The van der Waals surface area contributed by atoms with E-state index in [1.165, 1.54) is 16.8 Å². The van der Waals surface area contributed by atoms with E-state index in [0.29, 0.717) is 6.04 Å². The lowest BCUT2D eigenvalue weighted by Gasteiger charge is -2.15. The number of nitrogens with one attached hydrogen (secondary N) is 1. The Morgan fingerprint density at radius 2 is 2.16 bits per heavy atom. The van der Waals surface area contributed by atoms with E-state index in [9.17, 15) is 0 Å². The van der Waals surface area contributed by atoms with Crippen LogP contribution in [0.2, 0.25) is 0 Å². The zero-order valence-electron chi connectivity index (χ0n) is 12.1. The summed E-state index contributed by atoms with van der Waals surface area (Å²) in [5.41, 5.74) is 3.89. The Kier molecular flexibility index (Phi) is 4.74. The molecule has 0 unspecified atom stereocenters. The van der Waals surface area contributed by atoms with Gasteiger partial charge < -0.3 is 5.32 Å². The largest absolute Gasteiger partial charge is 0.305 e. The van der Waals surface area contributed by atoms with Crippen LogP contribution in [0.1, 0.15) is 43.1 Å². The third-order valence-electron chi connectivity index (χ3n) is 3.37. The van der Waals surface area contributed by atoms with Crippen molar-refractivity contribution >= 4 is 0 Å². The van der Waals surface area contributed by atoms with Gasteiger partial charge in [-0.2, -0.15) is 5.10 Å². The van der Waals surface area contributed by atoms with E-state index >= 15 is 0 Å². The standard InChI is InChI=1S/C16H23N3/c1-4-10-19-16(8-9-18-19)12-17-14(3)15-7-5-6-13(2)11-15/h5-9,11,14,17H,4,10,12H2,1-3H3/t14-/m0/s1. The maximum atomic E-state index is 4.35. The van der Waals surface area contributed by atoms with Gasteiger partial charge in [-0.1, -0.05) is 36.8 Å². The SMILES string of the molecule is CCCn1nccc1CN[C@@H](C)c1cccc(C)c1. The quantitative estimate of drug-likeness (QED) is 0.859. The second-order valence-electron chi connectivity index (χ2n) is 5.06. The predicted molar refractivity (Wildman–Crippen MR) is 79.0 cm³/mol. The van der Waals surface area contributed by atoms with Gasteiger partial charge in [0, 0.05) is 25.3 Å². The number of rotatable bonds is 6. The van der Waals surface area contributed by atoms with Crippen LogP contribution < -0.4 is 5.32 Å². The molecule has 0 bridgehead atoms. The minimum atomic E-state index is 0.352. The Morgan fingerprint density at radius 3 is 2.89 bits per heavy atom. The van der Waals surface area contributed by atoms with Crippen LogP contribution in [0.25, 0.3) is 0 Å². The van der Waals surface area contributed by atoms with Crippen LogP contribution in [0.4, 0.5) is 0 Å². The van der Waals surface area contributed by atoms with Crippen molar-refractivity contribution in [2.45, 2.75) is 46.3 Å². The van der Waals surface area contributed by atoms with Gasteiger partial charge in [-0.25, -0.2) is 0 Å². The number of nitrogens with zero attached hydrogens (tertiary/aromatic N) is 2. The number of aromatic nitrogens is 2. The summed E-state index contributed by atoms with van der Waals surface area (Å²) >= 11 is 0. The summed E-state index contributed by atoms with van der Waals surface area (Å²) in [6.45, 7) is 8.36. The number of aryl methyl sites for hydroxylation is 2. The molecule has 0 aliphatic rings. The van der Waals surface area contributed by atoms with Crippen LogP contribution in [-0.4, -0.2) is 9.78 Å². The van der Waals surface area contributed by atoms with Crippen molar-refractivity contribution in [1.82, 2.24) is 15.1 Å². The fraction of sp³-hybridized carbons (Fsp3) is 0.438. The molecule has 1 atom stereocenters. The Labute approximate surface area is 115 Å². The Hall–Kier alpha value is -1.61. The topological polar surface area (TPSA) is 29.9 Å². The summed E-state index contributed by atoms with van der Waals surface area (Å²) < 4.78 is 2.08. The van der Waals surface area contributed by atoms with E-state index in [0.717, 1.165) is 19.5 Å². The van der Waals surface area contributed by atoms with Crippen LogP contribution in [0.3, 0.4) is 0 Å². The fourth-order valence-electron chi connectivity index (χ4n) is 2.24. The third-order valence-corrected chi connectivity index (χ3v) is 3.37. The van der Waals surface area contributed by atoms with E-state index in [4.69, 9.17) is 0 Å². The molecule has 0 saturated heterocycles. The first kappa shape index (κ1) is 13.8. The van der Waals surface area contributed by atoms with Gasteiger partial charge in [0.2, 0.25) is 0 Å². The van der Waals surface area contributed by atoms with Crippen molar-refractivity contribution in [3.63, 3.8) is 0 Å². The maximum absolute atomic E-state index is 4.35. The first-order valence-corrected chi connectivity index (χ1v) is 7.01. The molecule has 0 amide bonds. The molecule has 3 heteroatoms. The summed E-state index contributed by atoms with van der Waals surface area (Å²) in [7, 11) is 0. The highest BCUT2D eigenvalue weighted by atomic mass is 15.3. The summed E-state index contributed by atoms with van der Waals surface area (Å²) in [5.74, 6) is 0. The van der Waals surface area contributed by atoms with Crippen LogP contribution >= 0.6 is 0 Å². The molecule has 1 heterocycles. The Balaban J connectivity index is 1.96. The molecule has 2 aromatic rings. The van der Waals surface area contributed by atoms with Crippen LogP contribution in [0, 0.1) is 6.92 Å². The minimum absolute atomic E-state index is 0.352. The number of hydrogen-bond acceptors (Lipinski definition) is 2. The average molecular weight is 257 g/mol. The van der Waals surface area contributed by atoms with Gasteiger partial charge in [0.05, 0.1) is 5.69 Å². The molecule has 102 valence electrons. The molecule has 0 spiro atoms. The highest BCUT2D eigenvalue weighted by molar-refractivity contribution is 5.24. The Bertz CT molecular complexity index is 516. The van der Waals surface area contributed by atoms with Crippen molar-refractivity contribution in [1.29, 1.82) is 0 Å². The molecule has 0 aliphatic heterocycles. The molecule has 1 aromatic carbocycles. The molecule has 3 nitrogen and oxygen atoms in total. The molecule has 2 rings (SSSR count). The van der Waals surface area contributed by atoms with E-state index in [-0.39, 0.29) is 0 Å². The third kappa shape index (κ3) is 3.67. The zero-order valence-corrected chi connectivity index (χ0v) is 12.1. The zero-order chi connectivity index (χ0) is 13.7. The van der Waals surface area contributed by atoms with Crippen molar-refractivity contribution in [3.8, 4) is 0 Å². The molecule has 0 radical (unpaired) electrons. The van der Waals surface area contributed by atoms with Gasteiger partial charge in [0.1, 0.15) is 0 Å². The summed E-state index contributed by atoms with van der Waals surface area (Å²) in [6.07, 6.45) is 2.99. The van der Waals surface area contributed by atoms with Gasteiger partial charge >= 0.3 is 0 Å². The minimum Gasteiger partial charge on any atom is -0.305 e. The van der Waals surface area contributed by atoms with Crippen LogP contribution in [0.15, 0.2) is 36.5 Å². The molecular weight excluding hydrogens is 234 g/mol. The summed E-state index contributed by atoms with van der Waals surface area (Å²) in [5, 5.41) is 7.91. The van der Waals surface area contributed by atoms with Crippen molar-refractivity contribution in [3.05, 3.63) is 53.3 Å². The molecule has 19 heavy (non-hydrogen) atoms. The molecule has 0 fully saturated rings. The van der Waals surface area contributed by atoms with Gasteiger partial charge in [0.25, 0.3) is 0 Å². The number of hydrogen-bond donors (Lipinski definition) is 1. The summed E-state index contributed by atoms with van der Waals surface area (Å²) in [4.78, 5) is 0. The molecule has 1 N–H and O–H groups in total. The second-order valence-corrected chi connectivity index (χ2v) is 5.06. The smallest absolute Gasteiger partial charge is 0.0522 e. The summed E-state index contributed by atoms with van der Waals surface area (Å²) in [6, 6.07) is 11.1. The van der Waals surface area contributed by atoms with Gasteiger partial charge in [-0.15, -0.1) is 0 Å². The predicted octanol–water partition coefficient (Wildman–Crippen LogP) is 3.45. The first-order chi connectivity index (χ1) is 9.20. The van der Waals surface area contributed by atoms with Gasteiger partial charge in [0.15, 0.2) is 0 Å². The second kappa shape index (κ2) is 6.53. The molecular formula is C16H23N3. The van der Waals surface area contributed by atoms with Crippen molar-refractivity contribution in [2.24, 2.45) is 0 Å². The van der Waals surface area contributed by atoms with Crippen LogP contribution in [0.5, 0.6) is 0 Å². The lowest BCUT2D eigenvalue weighted by Crippen LogP contribution is -2.20. The lowest BCUT2D eigenvalue weighted by atomic mass is 10.1. The highest BCUT2D eigenvalue weighted by Gasteiger charge is 2.07. The van der Waals surface area contributed by atoms with Crippen LogP contribution in [-0.2, 0) is 13.1 Å².